The van der Waals surface area contributed by atoms with E-state index >= 15 is 0 Å². The van der Waals surface area contributed by atoms with Gasteiger partial charge in [0.1, 0.15) is 6.73 Å². The van der Waals surface area contributed by atoms with Gasteiger partial charge in [-0.05, 0) is 23.8 Å². The molecule has 0 aliphatic carbocycles. The number of amides is 1. The van der Waals surface area contributed by atoms with Crippen molar-refractivity contribution in [1.82, 2.24) is 4.90 Å². The summed E-state index contributed by atoms with van der Waals surface area (Å²) in [4.78, 5) is 13.6. The fourth-order valence-electron chi connectivity index (χ4n) is 2.06. The highest BCUT2D eigenvalue weighted by molar-refractivity contribution is 5.92. The Hall–Kier alpha value is -2.21. The van der Waals surface area contributed by atoms with Crippen LogP contribution in [0.15, 0.2) is 18.2 Å². The molecule has 0 radical (unpaired) electrons. The standard InChI is InChI=1S/C15H19NO5/c1-18-12-8-11(9-13(19-2)15(12)20-3)4-5-14(17)16-6-7-21-10-16/h4-5,8-9H,6-7,10H2,1-3H3. The zero-order valence-electron chi connectivity index (χ0n) is 12.4. The van der Waals surface area contributed by atoms with E-state index in [0.717, 1.165) is 5.56 Å². The topological polar surface area (TPSA) is 57.2 Å². The summed E-state index contributed by atoms with van der Waals surface area (Å²) in [5.41, 5.74) is 0.790. The van der Waals surface area contributed by atoms with Gasteiger partial charge in [-0.1, -0.05) is 0 Å². The molecule has 2 rings (SSSR count). The highest BCUT2D eigenvalue weighted by Gasteiger charge is 2.16. The Labute approximate surface area is 123 Å². The molecule has 0 N–H and O–H groups in total. The molecule has 0 unspecified atom stereocenters. The van der Waals surface area contributed by atoms with Crippen LogP contribution in [0.25, 0.3) is 6.08 Å². The zero-order chi connectivity index (χ0) is 15.2. The predicted molar refractivity (Wildman–Crippen MR) is 77.7 cm³/mol. The van der Waals surface area contributed by atoms with Crippen molar-refractivity contribution in [3.63, 3.8) is 0 Å². The van der Waals surface area contributed by atoms with Gasteiger partial charge < -0.3 is 23.8 Å². The number of nitrogens with zero attached hydrogens (tertiary/aromatic N) is 1. The van der Waals surface area contributed by atoms with Gasteiger partial charge in [0.2, 0.25) is 11.7 Å². The van der Waals surface area contributed by atoms with Crippen LogP contribution in [0, 0.1) is 0 Å². The third-order valence-corrected chi connectivity index (χ3v) is 3.17. The van der Waals surface area contributed by atoms with Gasteiger partial charge in [-0.15, -0.1) is 0 Å². The van der Waals surface area contributed by atoms with E-state index in [0.29, 0.717) is 37.1 Å². The first kappa shape index (κ1) is 15.2. The second-order valence-corrected chi connectivity index (χ2v) is 4.43. The Morgan fingerprint density at radius 3 is 2.33 bits per heavy atom. The normalized spacial score (nSPS) is 14.5. The highest BCUT2D eigenvalue weighted by atomic mass is 16.5. The molecular weight excluding hydrogens is 274 g/mol. The molecule has 0 spiro atoms. The first-order chi connectivity index (χ1) is 10.2. The summed E-state index contributed by atoms with van der Waals surface area (Å²) in [5, 5.41) is 0. The number of carbonyl (C=O) groups is 1. The van der Waals surface area contributed by atoms with Crippen molar-refractivity contribution in [3.05, 3.63) is 23.8 Å². The minimum absolute atomic E-state index is 0.0822. The molecule has 1 fully saturated rings. The van der Waals surface area contributed by atoms with Crippen LogP contribution in [-0.4, -0.2) is 52.0 Å². The van der Waals surface area contributed by atoms with E-state index in [4.69, 9.17) is 18.9 Å². The molecule has 1 aliphatic heterocycles. The van der Waals surface area contributed by atoms with Crippen LogP contribution in [0.4, 0.5) is 0 Å². The average molecular weight is 293 g/mol. The molecular formula is C15H19NO5. The van der Waals surface area contributed by atoms with E-state index in [2.05, 4.69) is 0 Å². The molecule has 6 nitrogen and oxygen atoms in total. The lowest BCUT2D eigenvalue weighted by molar-refractivity contribution is -0.126. The van der Waals surface area contributed by atoms with E-state index in [-0.39, 0.29) is 5.91 Å². The quantitative estimate of drug-likeness (QED) is 0.771. The summed E-state index contributed by atoms with van der Waals surface area (Å²) in [5.74, 6) is 1.54. The van der Waals surface area contributed by atoms with Crippen LogP contribution in [0.1, 0.15) is 5.56 Å². The fourth-order valence-corrected chi connectivity index (χ4v) is 2.06. The second-order valence-electron chi connectivity index (χ2n) is 4.43. The predicted octanol–water partition coefficient (Wildman–Crippen LogP) is 1.54. The van der Waals surface area contributed by atoms with Gasteiger partial charge in [0.25, 0.3) is 0 Å². The maximum absolute atomic E-state index is 11.9. The van der Waals surface area contributed by atoms with Crippen molar-refractivity contribution in [2.45, 2.75) is 0 Å². The van der Waals surface area contributed by atoms with Gasteiger partial charge >= 0.3 is 0 Å². The van der Waals surface area contributed by atoms with Gasteiger partial charge in [0, 0.05) is 12.6 Å². The van der Waals surface area contributed by atoms with Crippen molar-refractivity contribution in [2.24, 2.45) is 0 Å². The van der Waals surface area contributed by atoms with Crippen molar-refractivity contribution in [2.75, 3.05) is 41.2 Å². The molecule has 1 aliphatic rings. The van der Waals surface area contributed by atoms with Gasteiger partial charge in [0.15, 0.2) is 11.5 Å². The van der Waals surface area contributed by atoms with Crippen LogP contribution in [0.3, 0.4) is 0 Å². The van der Waals surface area contributed by atoms with Crippen LogP contribution < -0.4 is 14.2 Å². The van der Waals surface area contributed by atoms with Crippen molar-refractivity contribution in [1.29, 1.82) is 0 Å². The number of methoxy groups -OCH3 is 3. The summed E-state index contributed by atoms with van der Waals surface area (Å²) in [6.45, 7) is 1.56. The van der Waals surface area contributed by atoms with E-state index in [1.165, 1.54) is 6.08 Å². The summed E-state index contributed by atoms with van der Waals surface area (Å²) < 4.78 is 20.9. The van der Waals surface area contributed by atoms with E-state index in [1.807, 2.05) is 0 Å². The summed E-state index contributed by atoms with van der Waals surface area (Å²) in [7, 11) is 4.65. The lowest BCUT2D eigenvalue weighted by atomic mass is 10.1. The largest absolute Gasteiger partial charge is 0.493 e. The van der Waals surface area contributed by atoms with Crippen LogP contribution >= 0.6 is 0 Å². The molecule has 21 heavy (non-hydrogen) atoms. The molecule has 0 aromatic heterocycles. The van der Waals surface area contributed by atoms with Gasteiger partial charge in [0.05, 0.1) is 27.9 Å². The molecule has 1 aromatic rings. The number of hydrogen-bond acceptors (Lipinski definition) is 5. The minimum atomic E-state index is -0.0822. The summed E-state index contributed by atoms with van der Waals surface area (Å²) >= 11 is 0. The third kappa shape index (κ3) is 3.46. The molecule has 6 heteroatoms. The zero-order valence-corrected chi connectivity index (χ0v) is 12.4. The average Bonchev–Trinajstić information content (AvgIpc) is 3.05. The fraction of sp³-hybridized carbons (Fsp3) is 0.400. The Kier molecular flexibility index (Phi) is 5.05. The van der Waals surface area contributed by atoms with Crippen molar-refractivity contribution in [3.8, 4) is 17.2 Å². The Bertz CT molecular complexity index is 510. The molecule has 0 saturated carbocycles. The van der Waals surface area contributed by atoms with Gasteiger partial charge in [-0.2, -0.15) is 0 Å². The molecule has 1 amide bonds. The Morgan fingerprint density at radius 2 is 1.86 bits per heavy atom. The molecule has 1 saturated heterocycles. The van der Waals surface area contributed by atoms with E-state index in [1.54, 1.807) is 44.4 Å². The van der Waals surface area contributed by atoms with Crippen LogP contribution in [-0.2, 0) is 9.53 Å². The summed E-state index contributed by atoms with van der Waals surface area (Å²) in [6, 6.07) is 3.57. The third-order valence-electron chi connectivity index (χ3n) is 3.17. The van der Waals surface area contributed by atoms with Gasteiger partial charge in [-0.3, -0.25) is 4.79 Å². The van der Waals surface area contributed by atoms with E-state index < -0.39 is 0 Å². The van der Waals surface area contributed by atoms with E-state index in [9.17, 15) is 4.79 Å². The molecule has 0 bridgehead atoms. The lowest BCUT2D eigenvalue weighted by Gasteiger charge is -2.13. The maximum Gasteiger partial charge on any atom is 0.248 e. The van der Waals surface area contributed by atoms with Crippen molar-refractivity contribution >= 4 is 12.0 Å². The summed E-state index contributed by atoms with van der Waals surface area (Å²) in [6.07, 6.45) is 3.22. The van der Waals surface area contributed by atoms with Crippen LogP contribution in [0.2, 0.25) is 0 Å². The first-order valence-electron chi connectivity index (χ1n) is 6.54. The van der Waals surface area contributed by atoms with Crippen molar-refractivity contribution < 1.29 is 23.7 Å². The number of hydrogen-bond donors (Lipinski definition) is 0. The molecule has 1 aromatic carbocycles. The smallest absolute Gasteiger partial charge is 0.248 e. The number of benzene rings is 1. The first-order valence-corrected chi connectivity index (χ1v) is 6.54. The lowest BCUT2D eigenvalue weighted by Crippen LogP contribution is -2.26. The number of rotatable bonds is 5. The monoisotopic (exact) mass is 293 g/mol. The Balaban J connectivity index is 2.21. The maximum atomic E-state index is 11.9. The molecule has 1 heterocycles. The molecule has 0 atom stereocenters. The number of carbonyl (C=O) groups excluding carboxylic acids is 1. The second kappa shape index (κ2) is 6.99. The highest BCUT2D eigenvalue weighted by Crippen LogP contribution is 2.38. The Morgan fingerprint density at radius 1 is 1.19 bits per heavy atom. The van der Waals surface area contributed by atoms with Gasteiger partial charge in [-0.25, -0.2) is 0 Å². The number of ether oxygens (including phenoxy) is 4. The minimum Gasteiger partial charge on any atom is -0.493 e. The van der Waals surface area contributed by atoms with Crippen LogP contribution in [0.5, 0.6) is 17.2 Å². The molecule has 114 valence electrons. The SMILES string of the molecule is COc1cc(C=CC(=O)N2CCOC2)cc(OC)c1OC.